The summed E-state index contributed by atoms with van der Waals surface area (Å²) in [6.07, 6.45) is 9.67. The highest BCUT2D eigenvalue weighted by molar-refractivity contribution is 7.10. The Hall–Kier alpha value is -2.91. The number of rotatable bonds is 7. The molecule has 1 saturated heterocycles. The van der Waals surface area contributed by atoms with E-state index in [1.807, 2.05) is 11.0 Å². The third-order valence-electron chi connectivity index (χ3n) is 5.26. The number of likely N-dealkylation sites (tertiary alicyclic amines) is 1. The fourth-order valence-corrected chi connectivity index (χ4v) is 4.31. The Labute approximate surface area is 182 Å². The Morgan fingerprint density at radius 3 is 2.83 bits per heavy atom. The van der Waals surface area contributed by atoms with E-state index in [0.717, 1.165) is 32.2 Å². The van der Waals surface area contributed by atoms with Gasteiger partial charge in [-0.05, 0) is 48.9 Å². The molecular formula is C24H27N3O2S. The number of para-hydroxylation sites is 1. The third kappa shape index (κ3) is 6.30. The second-order valence-electron chi connectivity index (χ2n) is 7.44. The van der Waals surface area contributed by atoms with Crippen LogP contribution in [0.15, 0.2) is 47.9 Å². The van der Waals surface area contributed by atoms with Crippen molar-refractivity contribution < 1.29 is 9.59 Å². The van der Waals surface area contributed by atoms with Gasteiger partial charge in [-0.25, -0.2) is 0 Å². The number of hydrogen-bond acceptors (Lipinski definition) is 4. The van der Waals surface area contributed by atoms with Crippen molar-refractivity contribution in [3.8, 4) is 6.07 Å². The highest BCUT2D eigenvalue weighted by Crippen LogP contribution is 2.21. The van der Waals surface area contributed by atoms with Gasteiger partial charge >= 0.3 is 0 Å². The Bertz CT molecular complexity index is 915. The van der Waals surface area contributed by atoms with Gasteiger partial charge in [0.2, 0.25) is 11.8 Å². The molecule has 1 fully saturated rings. The lowest BCUT2D eigenvalue weighted by molar-refractivity contribution is -0.132. The predicted molar refractivity (Wildman–Crippen MR) is 121 cm³/mol. The number of carbonyl (C=O) groups excluding carboxylic acids is 2. The molecule has 156 valence electrons. The summed E-state index contributed by atoms with van der Waals surface area (Å²) in [4.78, 5) is 28.3. The summed E-state index contributed by atoms with van der Waals surface area (Å²) in [6, 6.07) is 13.2. The molecule has 1 aromatic carbocycles. The first kappa shape index (κ1) is 21.8. The molecule has 5 nitrogen and oxygen atoms in total. The van der Waals surface area contributed by atoms with Gasteiger partial charge < -0.3 is 10.2 Å². The summed E-state index contributed by atoms with van der Waals surface area (Å²) in [5.41, 5.74) is 0.953. The van der Waals surface area contributed by atoms with Gasteiger partial charge in [-0.2, -0.15) is 5.26 Å². The van der Waals surface area contributed by atoms with E-state index in [-0.39, 0.29) is 24.3 Å². The Balaban J connectivity index is 1.51. The maximum absolute atomic E-state index is 12.9. The molecule has 1 atom stereocenters. The molecule has 0 bridgehead atoms. The maximum atomic E-state index is 12.9. The van der Waals surface area contributed by atoms with Crippen LogP contribution in [0.25, 0.3) is 6.08 Å². The smallest absolute Gasteiger partial charge is 0.224 e. The Morgan fingerprint density at radius 1 is 1.17 bits per heavy atom. The molecule has 0 radical (unpaired) electrons. The molecule has 0 saturated carbocycles. The molecular weight excluding hydrogens is 394 g/mol. The number of nitriles is 1. The van der Waals surface area contributed by atoms with Crippen molar-refractivity contribution in [3.05, 3.63) is 58.3 Å². The van der Waals surface area contributed by atoms with Crippen LogP contribution in [0, 0.1) is 11.3 Å². The first-order valence-electron chi connectivity index (χ1n) is 10.5. The molecule has 3 rings (SSSR count). The van der Waals surface area contributed by atoms with E-state index in [9.17, 15) is 9.59 Å². The minimum atomic E-state index is -0.171. The summed E-state index contributed by atoms with van der Waals surface area (Å²) in [6.45, 7) is 0.778. The van der Waals surface area contributed by atoms with Crippen LogP contribution < -0.4 is 5.32 Å². The SMILES string of the molecule is N#Cc1ccccc1NC(=O)CCCC(=O)N1CCCCCC1/C=C/c1cccs1. The van der Waals surface area contributed by atoms with E-state index in [1.54, 1.807) is 35.6 Å². The van der Waals surface area contributed by atoms with Gasteiger partial charge in [0, 0.05) is 24.3 Å². The van der Waals surface area contributed by atoms with Crippen molar-refractivity contribution in [2.45, 2.75) is 51.0 Å². The lowest BCUT2D eigenvalue weighted by Gasteiger charge is -2.28. The molecule has 0 spiro atoms. The molecule has 1 aliphatic heterocycles. The lowest BCUT2D eigenvalue weighted by Crippen LogP contribution is -2.38. The highest BCUT2D eigenvalue weighted by Gasteiger charge is 2.23. The summed E-state index contributed by atoms with van der Waals surface area (Å²) in [5.74, 6) is -0.0570. The summed E-state index contributed by atoms with van der Waals surface area (Å²) < 4.78 is 0. The van der Waals surface area contributed by atoms with Gasteiger partial charge in [0.15, 0.2) is 0 Å². The normalized spacial score (nSPS) is 16.8. The van der Waals surface area contributed by atoms with Gasteiger partial charge in [0.1, 0.15) is 6.07 Å². The topological polar surface area (TPSA) is 73.2 Å². The number of amides is 2. The monoisotopic (exact) mass is 421 g/mol. The fourth-order valence-electron chi connectivity index (χ4n) is 3.68. The van der Waals surface area contributed by atoms with Gasteiger partial charge in [-0.3, -0.25) is 9.59 Å². The van der Waals surface area contributed by atoms with Crippen molar-refractivity contribution in [2.24, 2.45) is 0 Å². The molecule has 1 N–H and O–H groups in total. The summed E-state index contributed by atoms with van der Waals surface area (Å²) in [5, 5.41) is 13.9. The van der Waals surface area contributed by atoms with E-state index in [1.165, 1.54) is 4.88 Å². The minimum Gasteiger partial charge on any atom is -0.336 e. The number of benzene rings is 1. The first-order chi connectivity index (χ1) is 14.7. The highest BCUT2D eigenvalue weighted by atomic mass is 32.1. The van der Waals surface area contributed by atoms with Crippen molar-refractivity contribution in [3.63, 3.8) is 0 Å². The first-order valence-corrected chi connectivity index (χ1v) is 11.4. The molecule has 30 heavy (non-hydrogen) atoms. The molecule has 6 heteroatoms. The molecule has 2 aromatic rings. The standard InChI is InChI=1S/C24H27N3O2S/c25-18-19-8-3-4-11-22(19)26-23(28)12-6-13-24(29)27-16-5-1-2-9-20(27)14-15-21-10-7-17-30-21/h3-4,7-8,10-11,14-15,17,20H,1-2,5-6,9,12-13,16H2,(H,26,28)/b15-14+. The Kier molecular flexibility index (Phi) is 8.22. The van der Waals surface area contributed by atoms with E-state index >= 15 is 0 Å². The molecule has 2 heterocycles. The van der Waals surface area contributed by atoms with E-state index in [0.29, 0.717) is 24.1 Å². The molecule has 1 aliphatic rings. The maximum Gasteiger partial charge on any atom is 0.224 e. The van der Waals surface area contributed by atoms with E-state index in [4.69, 9.17) is 5.26 Å². The van der Waals surface area contributed by atoms with Crippen molar-refractivity contribution >= 4 is 34.9 Å². The van der Waals surface area contributed by atoms with Crippen molar-refractivity contribution in [1.82, 2.24) is 4.90 Å². The predicted octanol–water partition coefficient (Wildman–Crippen LogP) is 5.21. The fraction of sp³-hybridized carbons (Fsp3) is 0.375. The van der Waals surface area contributed by atoms with E-state index in [2.05, 4.69) is 35.0 Å². The Morgan fingerprint density at radius 2 is 2.03 bits per heavy atom. The van der Waals surface area contributed by atoms with Gasteiger partial charge in [-0.15, -0.1) is 11.3 Å². The molecule has 2 amide bonds. The molecule has 0 aliphatic carbocycles. The van der Waals surface area contributed by atoms with Crippen molar-refractivity contribution in [2.75, 3.05) is 11.9 Å². The zero-order valence-electron chi connectivity index (χ0n) is 17.0. The van der Waals surface area contributed by atoms with Crippen LogP contribution in [0.4, 0.5) is 5.69 Å². The van der Waals surface area contributed by atoms with Crippen LogP contribution in [0.2, 0.25) is 0 Å². The quantitative estimate of drug-likeness (QED) is 0.667. The number of hydrogen-bond donors (Lipinski definition) is 1. The lowest BCUT2D eigenvalue weighted by atomic mass is 10.1. The van der Waals surface area contributed by atoms with Crippen LogP contribution in [-0.4, -0.2) is 29.3 Å². The number of anilines is 1. The van der Waals surface area contributed by atoms with Crippen LogP contribution >= 0.6 is 11.3 Å². The van der Waals surface area contributed by atoms with Crippen molar-refractivity contribution in [1.29, 1.82) is 5.26 Å². The van der Waals surface area contributed by atoms with Crippen LogP contribution in [-0.2, 0) is 9.59 Å². The average molecular weight is 422 g/mol. The minimum absolute atomic E-state index is 0.114. The second-order valence-corrected chi connectivity index (χ2v) is 8.42. The third-order valence-corrected chi connectivity index (χ3v) is 6.10. The molecule has 1 aromatic heterocycles. The number of nitrogens with one attached hydrogen (secondary N) is 1. The zero-order valence-corrected chi connectivity index (χ0v) is 17.9. The number of thiophene rings is 1. The molecule has 1 unspecified atom stereocenters. The van der Waals surface area contributed by atoms with E-state index < -0.39 is 0 Å². The van der Waals surface area contributed by atoms with Crippen LogP contribution in [0.1, 0.15) is 55.4 Å². The van der Waals surface area contributed by atoms with Crippen LogP contribution in [0.5, 0.6) is 0 Å². The number of nitrogens with zero attached hydrogens (tertiary/aromatic N) is 2. The largest absolute Gasteiger partial charge is 0.336 e. The van der Waals surface area contributed by atoms with Gasteiger partial charge in [0.25, 0.3) is 0 Å². The second kappa shape index (κ2) is 11.3. The van der Waals surface area contributed by atoms with Gasteiger partial charge in [0.05, 0.1) is 17.3 Å². The summed E-state index contributed by atoms with van der Waals surface area (Å²) in [7, 11) is 0. The van der Waals surface area contributed by atoms with Gasteiger partial charge in [-0.1, -0.05) is 37.1 Å². The average Bonchev–Trinajstić information content (AvgIpc) is 3.16. The van der Waals surface area contributed by atoms with Crippen LogP contribution in [0.3, 0.4) is 0 Å². The summed E-state index contributed by atoms with van der Waals surface area (Å²) >= 11 is 1.69. The number of carbonyl (C=O) groups is 2. The zero-order chi connectivity index (χ0) is 21.2.